The summed E-state index contributed by atoms with van der Waals surface area (Å²) in [4.78, 5) is 2.41. The van der Waals surface area contributed by atoms with Crippen LogP contribution in [0, 0.1) is 0 Å². The molecule has 2 nitrogen and oxygen atoms in total. The highest BCUT2D eigenvalue weighted by atomic mass is 32.1. The minimum absolute atomic E-state index is 0.901. The molecule has 12 aromatic rings. The van der Waals surface area contributed by atoms with Gasteiger partial charge in [-0.1, -0.05) is 182 Å². The molecule has 0 spiro atoms. The Morgan fingerprint density at radius 1 is 0.302 bits per heavy atom. The predicted molar refractivity (Wildman–Crippen MR) is 268 cm³/mol. The minimum atomic E-state index is 0.901. The molecule has 296 valence electrons. The molecule has 0 fully saturated rings. The molecule has 0 atom stereocenters. The van der Waals surface area contributed by atoms with E-state index in [1.165, 1.54) is 59.1 Å². The number of nitrogens with zero attached hydrogens (tertiary/aromatic N) is 1. The third-order valence-corrected chi connectivity index (χ3v) is 13.6. The lowest BCUT2D eigenvalue weighted by atomic mass is 9.88. The Balaban J connectivity index is 1.00. The van der Waals surface area contributed by atoms with Gasteiger partial charge in [0.1, 0.15) is 11.2 Å². The molecule has 0 saturated heterocycles. The Hall–Kier alpha value is -7.98. The summed E-state index contributed by atoms with van der Waals surface area (Å²) in [6, 6.07) is 85.4. The zero-order valence-electron chi connectivity index (χ0n) is 34.3. The quantitative estimate of drug-likeness (QED) is 0.152. The van der Waals surface area contributed by atoms with Gasteiger partial charge >= 0.3 is 0 Å². The fourth-order valence-corrected chi connectivity index (χ4v) is 10.6. The van der Waals surface area contributed by atoms with Crippen LogP contribution in [-0.4, -0.2) is 0 Å². The topological polar surface area (TPSA) is 16.4 Å². The van der Waals surface area contributed by atoms with Gasteiger partial charge in [-0.2, -0.15) is 0 Å². The number of para-hydroxylation sites is 2. The molecule has 0 aliphatic carbocycles. The smallest absolute Gasteiger partial charge is 0.135 e. The summed E-state index contributed by atoms with van der Waals surface area (Å²) in [5.41, 5.74) is 16.9. The number of anilines is 3. The van der Waals surface area contributed by atoms with Gasteiger partial charge in [-0.25, -0.2) is 0 Å². The predicted octanol–water partition coefficient (Wildman–Crippen LogP) is 17.8. The van der Waals surface area contributed by atoms with Crippen LogP contribution >= 0.6 is 11.3 Å². The fourth-order valence-electron chi connectivity index (χ4n) is 9.34. The summed E-state index contributed by atoms with van der Waals surface area (Å²) in [7, 11) is 0. The second-order valence-corrected chi connectivity index (χ2v) is 17.0. The number of rotatable bonds is 8. The van der Waals surface area contributed by atoms with Gasteiger partial charge in [-0.05, 0) is 105 Å². The lowest BCUT2D eigenvalue weighted by Gasteiger charge is -2.29. The molecule has 63 heavy (non-hydrogen) atoms. The standard InChI is InChI=1S/C60H39NOS/c1-2-15-41(16-3-1)46-17-4-5-18-48(46)49-19-6-7-20-50(49)51-21-8-11-26-56(51)61(44-34-29-40(30-35-44)43-33-38-58-55(39-43)52-22-9-12-27-57(52)62-58)45-36-31-42(32-37-45)47-24-14-25-54-53-23-10-13-28-59(53)63-60(47)54/h1-39H. The Bertz CT molecular complexity index is 3620. The highest BCUT2D eigenvalue weighted by Gasteiger charge is 2.21. The van der Waals surface area contributed by atoms with Gasteiger partial charge in [0, 0.05) is 47.9 Å². The fraction of sp³-hybridized carbons (Fsp3) is 0. The number of furan rings is 1. The van der Waals surface area contributed by atoms with Crippen LogP contribution in [0.1, 0.15) is 0 Å². The lowest BCUT2D eigenvalue weighted by molar-refractivity contribution is 0.669. The number of hydrogen-bond donors (Lipinski definition) is 0. The molecule has 0 unspecified atom stereocenters. The van der Waals surface area contributed by atoms with Crippen molar-refractivity contribution >= 4 is 70.5 Å². The number of benzene rings is 10. The highest BCUT2D eigenvalue weighted by molar-refractivity contribution is 7.26. The van der Waals surface area contributed by atoms with Crippen LogP contribution in [-0.2, 0) is 0 Å². The normalized spacial score (nSPS) is 11.5. The summed E-state index contributed by atoms with van der Waals surface area (Å²) in [5.74, 6) is 0. The monoisotopic (exact) mass is 821 g/mol. The van der Waals surface area contributed by atoms with E-state index in [4.69, 9.17) is 4.42 Å². The third kappa shape index (κ3) is 6.50. The van der Waals surface area contributed by atoms with Crippen molar-refractivity contribution in [3.63, 3.8) is 0 Å². The summed E-state index contributed by atoms with van der Waals surface area (Å²) < 4.78 is 8.80. The molecular weight excluding hydrogens is 783 g/mol. The zero-order chi connectivity index (χ0) is 41.7. The van der Waals surface area contributed by atoms with Crippen molar-refractivity contribution in [1.82, 2.24) is 0 Å². The van der Waals surface area contributed by atoms with Crippen molar-refractivity contribution in [1.29, 1.82) is 0 Å². The highest BCUT2D eigenvalue weighted by Crippen LogP contribution is 2.47. The van der Waals surface area contributed by atoms with Gasteiger partial charge in [0.15, 0.2) is 0 Å². The van der Waals surface area contributed by atoms with Gasteiger partial charge in [0.05, 0.1) is 5.69 Å². The molecule has 2 aromatic heterocycles. The Morgan fingerprint density at radius 2 is 0.810 bits per heavy atom. The zero-order valence-corrected chi connectivity index (χ0v) is 35.1. The van der Waals surface area contributed by atoms with E-state index in [1.807, 2.05) is 23.5 Å². The molecule has 0 amide bonds. The van der Waals surface area contributed by atoms with Gasteiger partial charge in [0.25, 0.3) is 0 Å². The molecule has 3 heteroatoms. The van der Waals surface area contributed by atoms with Gasteiger partial charge in [-0.15, -0.1) is 11.3 Å². The van der Waals surface area contributed by atoms with Crippen molar-refractivity contribution in [3.05, 3.63) is 237 Å². The largest absolute Gasteiger partial charge is 0.456 e. The summed E-state index contributed by atoms with van der Waals surface area (Å²) >= 11 is 1.87. The van der Waals surface area contributed by atoms with Gasteiger partial charge in [-0.3, -0.25) is 0 Å². The molecule has 0 bridgehead atoms. The second-order valence-electron chi connectivity index (χ2n) is 16.0. The third-order valence-electron chi connectivity index (χ3n) is 12.3. The summed E-state index contributed by atoms with van der Waals surface area (Å²) in [6.07, 6.45) is 0. The lowest BCUT2D eigenvalue weighted by Crippen LogP contribution is -2.11. The number of thiophene rings is 1. The van der Waals surface area contributed by atoms with Crippen LogP contribution in [0.25, 0.3) is 97.7 Å². The molecule has 0 radical (unpaired) electrons. The summed E-state index contributed by atoms with van der Waals surface area (Å²) in [5, 5.41) is 4.88. The Labute approximate surface area is 370 Å². The van der Waals surface area contributed by atoms with Crippen LogP contribution in [0.4, 0.5) is 17.1 Å². The van der Waals surface area contributed by atoms with Crippen LogP contribution < -0.4 is 4.90 Å². The Kier molecular flexibility index (Phi) is 9.06. The first kappa shape index (κ1) is 36.8. The van der Waals surface area contributed by atoms with Crippen molar-refractivity contribution in [3.8, 4) is 55.6 Å². The first-order chi connectivity index (χ1) is 31.2. The van der Waals surface area contributed by atoms with Crippen molar-refractivity contribution < 1.29 is 4.42 Å². The van der Waals surface area contributed by atoms with Crippen molar-refractivity contribution in [2.75, 3.05) is 4.90 Å². The van der Waals surface area contributed by atoms with E-state index in [0.29, 0.717) is 0 Å². The van der Waals surface area contributed by atoms with E-state index >= 15 is 0 Å². The molecule has 10 aromatic carbocycles. The van der Waals surface area contributed by atoms with Crippen LogP contribution in [0.15, 0.2) is 241 Å². The first-order valence-corrected chi connectivity index (χ1v) is 22.2. The maximum atomic E-state index is 6.17. The van der Waals surface area contributed by atoms with E-state index in [9.17, 15) is 0 Å². The molecule has 0 N–H and O–H groups in total. The summed E-state index contributed by atoms with van der Waals surface area (Å²) in [6.45, 7) is 0. The SMILES string of the molecule is c1ccc(-c2ccccc2-c2ccccc2-c2ccccc2N(c2ccc(-c3ccc4oc5ccccc5c4c3)cc2)c2ccc(-c3cccc4c3sc3ccccc34)cc2)cc1. The average Bonchev–Trinajstić information content (AvgIpc) is 3.93. The molecule has 0 aliphatic heterocycles. The van der Waals surface area contributed by atoms with Crippen LogP contribution in [0.3, 0.4) is 0 Å². The van der Waals surface area contributed by atoms with E-state index in [2.05, 4.69) is 229 Å². The van der Waals surface area contributed by atoms with Gasteiger partial charge < -0.3 is 9.32 Å². The molecule has 0 aliphatic rings. The second kappa shape index (κ2) is 15.5. The van der Waals surface area contributed by atoms with E-state index in [0.717, 1.165) is 55.7 Å². The van der Waals surface area contributed by atoms with Crippen molar-refractivity contribution in [2.24, 2.45) is 0 Å². The van der Waals surface area contributed by atoms with Crippen LogP contribution in [0.5, 0.6) is 0 Å². The van der Waals surface area contributed by atoms with E-state index < -0.39 is 0 Å². The van der Waals surface area contributed by atoms with Gasteiger partial charge in [0.2, 0.25) is 0 Å². The molecule has 12 rings (SSSR count). The average molecular weight is 822 g/mol. The van der Waals surface area contributed by atoms with E-state index in [1.54, 1.807) is 0 Å². The Morgan fingerprint density at radius 3 is 1.57 bits per heavy atom. The van der Waals surface area contributed by atoms with Crippen LogP contribution in [0.2, 0.25) is 0 Å². The molecule has 2 heterocycles. The van der Waals surface area contributed by atoms with E-state index in [-0.39, 0.29) is 0 Å². The first-order valence-electron chi connectivity index (χ1n) is 21.4. The van der Waals surface area contributed by atoms with Crippen molar-refractivity contribution in [2.45, 2.75) is 0 Å². The molecule has 0 saturated carbocycles. The maximum Gasteiger partial charge on any atom is 0.135 e. The minimum Gasteiger partial charge on any atom is -0.456 e. The number of fused-ring (bicyclic) bond motifs is 6. The number of hydrogen-bond acceptors (Lipinski definition) is 3. The maximum absolute atomic E-state index is 6.17. The molecular formula is C60H39NOS.